The van der Waals surface area contributed by atoms with E-state index >= 15 is 0 Å². The standard InChI is InChI=1S/C19H20N6O2S2/c1-3-8-25-15(11-16(26)21-14-6-4-5-13(2)10-14)23-24-19(25)29-12-17(27)22-18-20-7-9-28-18/h3-7,9-10H,1,8,11-12H2,2H3,(H,21,26)(H,20,22,27). The average molecular weight is 429 g/mol. The molecule has 0 aliphatic carbocycles. The molecule has 2 aromatic heterocycles. The lowest BCUT2D eigenvalue weighted by Crippen LogP contribution is -2.18. The fraction of sp³-hybridized carbons (Fsp3) is 0.211. The molecule has 2 N–H and O–H groups in total. The maximum atomic E-state index is 12.4. The Labute approximate surface area is 176 Å². The zero-order valence-corrected chi connectivity index (χ0v) is 17.4. The monoisotopic (exact) mass is 428 g/mol. The quantitative estimate of drug-likeness (QED) is 0.401. The summed E-state index contributed by atoms with van der Waals surface area (Å²) in [6, 6.07) is 7.58. The van der Waals surface area contributed by atoms with Gasteiger partial charge in [-0.25, -0.2) is 4.98 Å². The van der Waals surface area contributed by atoms with E-state index in [1.54, 1.807) is 22.2 Å². The molecule has 0 aliphatic rings. The first-order chi connectivity index (χ1) is 14.0. The van der Waals surface area contributed by atoms with Crippen LogP contribution in [0.2, 0.25) is 0 Å². The maximum absolute atomic E-state index is 12.4. The number of nitrogens with zero attached hydrogens (tertiary/aromatic N) is 4. The summed E-state index contributed by atoms with van der Waals surface area (Å²) in [5, 5.41) is 16.7. The Morgan fingerprint density at radius 2 is 2.14 bits per heavy atom. The van der Waals surface area contributed by atoms with Gasteiger partial charge in [-0.05, 0) is 24.6 Å². The van der Waals surface area contributed by atoms with Gasteiger partial charge in [0.05, 0.1) is 12.2 Å². The Morgan fingerprint density at radius 1 is 1.28 bits per heavy atom. The second-order valence-electron chi connectivity index (χ2n) is 6.07. The van der Waals surface area contributed by atoms with Crippen molar-refractivity contribution in [1.29, 1.82) is 0 Å². The van der Waals surface area contributed by atoms with Crippen LogP contribution in [0.3, 0.4) is 0 Å². The van der Waals surface area contributed by atoms with E-state index in [4.69, 9.17) is 0 Å². The van der Waals surface area contributed by atoms with Gasteiger partial charge in [0.2, 0.25) is 11.8 Å². The number of benzene rings is 1. The molecule has 1 aromatic carbocycles. The van der Waals surface area contributed by atoms with Gasteiger partial charge in [-0.2, -0.15) is 0 Å². The number of thiazole rings is 1. The summed E-state index contributed by atoms with van der Waals surface area (Å²) in [5.41, 5.74) is 1.80. The zero-order chi connectivity index (χ0) is 20.6. The molecule has 150 valence electrons. The Balaban J connectivity index is 1.62. The van der Waals surface area contributed by atoms with E-state index in [1.807, 2.05) is 31.2 Å². The fourth-order valence-corrected chi connectivity index (χ4v) is 3.82. The van der Waals surface area contributed by atoms with E-state index in [9.17, 15) is 9.59 Å². The summed E-state index contributed by atoms with van der Waals surface area (Å²) in [6.45, 7) is 6.15. The Kier molecular flexibility index (Phi) is 7.14. The molecule has 0 radical (unpaired) electrons. The number of rotatable bonds is 9. The summed E-state index contributed by atoms with van der Waals surface area (Å²) < 4.78 is 1.78. The molecular formula is C19H20N6O2S2. The highest BCUT2D eigenvalue weighted by Gasteiger charge is 2.16. The van der Waals surface area contributed by atoms with Crippen molar-refractivity contribution in [3.8, 4) is 0 Å². The minimum Gasteiger partial charge on any atom is -0.326 e. The molecule has 0 atom stereocenters. The second kappa shape index (κ2) is 9.99. The van der Waals surface area contributed by atoms with Crippen molar-refractivity contribution >= 4 is 45.7 Å². The average Bonchev–Trinajstić information content (AvgIpc) is 3.31. The summed E-state index contributed by atoms with van der Waals surface area (Å²) in [4.78, 5) is 28.5. The molecular weight excluding hydrogens is 408 g/mol. The number of aromatic nitrogens is 4. The van der Waals surface area contributed by atoms with Gasteiger partial charge >= 0.3 is 0 Å². The highest BCUT2D eigenvalue weighted by Crippen LogP contribution is 2.19. The van der Waals surface area contributed by atoms with Crippen molar-refractivity contribution in [2.24, 2.45) is 0 Å². The number of nitrogens with one attached hydrogen (secondary N) is 2. The van der Waals surface area contributed by atoms with Crippen molar-refractivity contribution < 1.29 is 9.59 Å². The molecule has 0 saturated carbocycles. The van der Waals surface area contributed by atoms with Gasteiger partial charge in [0.25, 0.3) is 0 Å². The van der Waals surface area contributed by atoms with Crippen molar-refractivity contribution in [1.82, 2.24) is 19.7 Å². The van der Waals surface area contributed by atoms with Gasteiger partial charge in [-0.3, -0.25) is 9.59 Å². The topological polar surface area (TPSA) is 102 Å². The summed E-state index contributed by atoms with van der Waals surface area (Å²) >= 11 is 2.60. The van der Waals surface area contributed by atoms with Crippen LogP contribution in [-0.4, -0.2) is 37.3 Å². The van der Waals surface area contributed by atoms with E-state index in [1.165, 1.54) is 23.1 Å². The van der Waals surface area contributed by atoms with Crippen molar-refractivity contribution in [3.05, 3.63) is 59.9 Å². The zero-order valence-electron chi connectivity index (χ0n) is 15.8. The van der Waals surface area contributed by atoms with Gasteiger partial charge in [0, 0.05) is 23.8 Å². The molecule has 0 bridgehead atoms. The predicted molar refractivity (Wildman–Crippen MR) is 115 cm³/mol. The molecule has 0 aliphatic heterocycles. The van der Waals surface area contributed by atoms with Crippen LogP contribution in [-0.2, 0) is 22.6 Å². The molecule has 2 heterocycles. The van der Waals surface area contributed by atoms with Crippen LogP contribution in [0.15, 0.2) is 53.7 Å². The molecule has 3 rings (SSSR count). The minimum absolute atomic E-state index is 0.0701. The summed E-state index contributed by atoms with van der Waals surface area (Å²) in [6.07, 6.45) is 3.40. The van der Waals surface area contributed by atoms with Crippen molar-refractivity contribution in [2.75, 3.05) is 16.4 Å². The predicted octanol–water partition coefficient (Wildman–Crippen LogP) is 3.14. The maximum Gasteiger partial charge on any atom is 0.236 e. The number of hydrogen-bond donors (Lipinski definition) is 2. The molecule has 0 fully saturated rings. The largest absolute Gasteiger partial charge is 0.326 e. The molecule has 0 saturated heterocycles. The van der Waals surface area contributed by atoms with Crippen LogP contribution in [0.1, 0.15) is 11.4 Å². The summed E-state index contributed by atoms with van der Waals surface area (Å²) in [7, 11) is 0. The first-order valence-electron chi connectivity index (χ1n) is 8.77. The first-order valence-corrected chi connectivity index (χ1v) is 10.6. The smallest absolute Gasteiger partial charge is 0.236 e. The number of carbonyl (C=O) groups excluding carboxylic acids is 2. The molecule has 10 heteroatoms. The van der Waals surface area contributed by atoms with Gasteiger partial charge in [-0.15, -0.1) is 28.1 Å². The van der Waals surface area contributed by atoms with Crippen LogP contribution < -0.4 is 10.6 Å². The minimum atomic E-state index is -0.189. The van der Waals surface area contributed by atoms with E-state index in [0.29, 0.717) is 22.7 Å². The molecule has 0 spiro atoms. The van der Waals surface area contributed by atoms with E-state index in [-0.39, 0.29) is 24.0 Å². The SMILES string of the molecule is C=CCn1c(CC(=O)Nc2cccc(C)c2)nnc1SCC(=O)Nc1nccs1. The molecule has 8 nitrogen and oxygen atoms in total. The van der Waals surface area contributed by atoms with E-state index < -0.39 is 0 Å². The second-order valence-corrected chi connectivity index (χ2v) is 7.90. The van der Waals surface area contributed by atoms with Crippen molar-refractivity contribution in [2.45, 2.75) is 25.0 Å². The highest BCUT2D eigenvalue weighted by molar-refractivity contribution is 7.99. The fourth-order valence-electron chi connectivity index (χ4n) is 2.51. The van der Waals surface area contributed by atoms with Crippen molar-refractivity contribution in [3.63, 3.8) is 0 Å². The Morgan fingerprint density at radius 3 is 2.86 bits per heavy atom. The Bertz CT molecular complexity index is 1000. The number of allylic oxidation sites excluding steroid dienone is 1. The number of aryl methyl sites for hydroxylation is 1. The normalized spacial score (nSPS) is 10.5. The van der Waals surface area contributed by atoms with Crippen LogP contribution in [0, 0.1) is 6.92 Å². The van der Waals surface area contributed by atoms with Crippen LogP contribution in [0.4, 0.5) is 10.8 Å². The van der Waals surface area contributed by atoms with Crippen LogP contribution in [0.5, 0.6) is 0 Å². The molecule has 0 unspecified atom stereocenters. The highest BCUT2D eigenvalue weighted by atomic mass is 32.2. The van der Waals surface area contributed by atoms with Gasteiger partial charge in [0.15, 0.2) is 10.3 Å². The van der Waals surface area contributed by atoms with Crippen LogP contribution >= 0.6 is 23.1 Å². The third-order valence-electron chi connectivity index (χ3n) is 3.74. The lowest BCUT2D eigenvalue weighted by Gasteiger charge is -2.09. The Hall–Kier alpha value is -2.98. The van der Waals surface area contributed by atoms with E-state index in [2.05, 4.69) is 32.4 Å². The number of anilines is 2. The molecule has 2 amide bonds. The number of hydrogen-bond acceptors (Lipinski definition) is 7. The number of amides is 2. The number of carbonyl (C=O) groups is 2. The lowest BCUT2D eigenvalue weighted by atomic mass is 10.2. The first kappa shape index (κ1) is 20.7. The number of thioether (sulfide) groups is 1. The van der Waals surface area contributed by atoms with Gasteiger partial charge < -0.3 is 15.2 Å². The van der Waals surface area contributed by atoms with Gasteiger partial charge in [0.1, 0.15) is 5.82 Å². The third kappa shape index (κ3) is 6.00. The van der Waals surface area contributed by atoms with Crippen LogP contribution in [0.25, 0.3) is 0 Å². The van der Waals surface area contributed by atoms with Gasteiger partial charge in [-0.1, -0.05) is 30.0 Å². The third-order valence-corrected chi connectivity index (χ3v) is 5.39. The molecule has 29 heavy (non-hydrogen) atoms. The summed E-state index contributed by atoms with van der Waals surface area (Å²) in [5.74, 6) is 0.297. The lowest BCUT2D eigenvalue weighted by molar-refractivity contribution is -0.116. The molecule has 3 aromatic rings. The van der Waals surface area contributed by atoms with E-state index in [0.717, 1.165) is 11.3 Å².